The molecule has 0 unspecified atom stereocenters. The van der Waals surface area contributed by atoms with E-state index in [9.17, 15) is 4.79 Å². The van der Waals surface area contributed by atoms with Crippen molar-refractivity contribution in [1.29, 1.82) is 0 Å². The summed E-state index contributed by atoms with van der Waals surface area (Å²) in [6.07, 6.45) is 6.05. The van der Waals surface area contributed by atoms with E-state index < -0.39 is 0 Å². The molecular weight excluding hydrogens is 384 g/mol. The highest BCUT2D eigenvalue weighted by Gasteiger charge is 2.22. The van der Waals surface area contributed by atoms with Gasteiger partial charge in [0.05, 0.1) is 5.71 Å². The van der Waals surface area contributed by atoms with Gasteiger partial charge in [0.15, 0.2) is 0 Å². The molecule has 1 aliphatic rings. The van der Waals surface area contributed by atoms with E-state index in [-0.39, 0.29) is 12.5 Å². The molecule has 1 amide bonds. The van der Waals surface area contributed by atoms with Crippen LogP contribution in [0.25, 0.3) is 0 Å². The predicted molar refractivity (Wildman–Crippen MR) is 105 cm³/mol. The Morgan fingerprint density at radius 2 is 2.04 bits per heavy atom. The average molecular weight is 405 g/mol. The monoisotopic (exact) mass is 404 g/mol. The SMILES string of the molecule is CCCCCCc1cc2c(s1)NC(=O)CN=C2c1ccccc1Br. The minimum absolute atomic E-state index is 0.0438. The van der Waals surface area contributed by atoms with Crippen molar-refractivity contribution in [1.82, 2.24) is 0 Å². The third-order valence-corrected chi connectivity index (χ3v) is 5.88. The van der Waals surface area contributed by atoms with Crippen LogP contribution in [-0.4, -0.2) is 18.2 Å². The molecule has 0 bridgehead atoms. The fourth-order valence-electron chi connectivity index (χ4n) is 2.85. The normalized spacial score (nSPS) is 13.9. The lowest BCUT2D eigenvalue weighted by molar-refractivity contribution is -0.114. The number of anilines is 1. The highest BCUT2D eigenvalue weighted by molar-refractivity contribution is 9.10. The maximum atomic E-state index is 12.0. The maximum Gasteiger partial charge on any atom is 0.246 e. The van der Waals surface area contributed by atoms with E-state index in [4.69, 9.17) is 0 Å². The van der Waals surface area contributed by atoms with Crippen LogP contribution >= 0.6 is 27.3 Å². The number of unbranched alkanes of at least 4 members (excludes halogenated alkanes) is 3. The van der Waals surface area contributed by atoms with Crippen molar-refractivity contribution >= 4 is 43.9 Å². The number of fused-ring (bicyclic) bond motifs is 1. The lowest BCUT2D eigenvalue weighted by Gasteiger charge is -2.07. The van der Waals surface area contributed by atoms with Crippen LogP contribution in [0.1, 0.15) is 48.6 Å². The molecule has 0 saturated carbocycles. The predicted octanol–water partition coefficient (Wildman–Crippen LogP) is 5.42. The van der Waals surface area contributed by atoms with E-state index in [2.05, 4.69) is 39.2 Å². The van der Waals surface area contributed by atoms with Gasteiger partial charge in [-0.1, -0.05) is 60.3 Å². The van der Waals surface area contributed by atoms with Crippen LogP contribution in [0.3, 0.4) is 0 Å². The van der Waals surface area contributed by atoms with E-state index in [1.165, 1.54) is 30.6 Å². The molecule has 1 aliphatic heterocycles. The lowest BCUT2D eigenvalue weighted by atomic mass is 10.0. The molecule has 1 N–H and O–H groups in total. The molecule has 0 fully saturated rings. The lowest BCUT2D eigenvalue weighted by Crippen LogP contribution is -2.12. The number of aliphatic imine (C=N–C) groups is 1. The second-order valence-corrected chi connectivity index (χ2v) is 7.95. The van der Waals surface area contributed by atoms with Crippen LogP contribution in [0.4, 0.5) is 5.00 Å². The quantitative estimate of drug-likeness (QED) is 0.641. The van der Waals surface area contributed by atoms with Crippen LogP contribution in [0.5, 0.6) is 0 Å². The van der Waals surface area contributed by atoms with Crippen LogP contribution in [0, 0.1) is 0 Å². The Morgan fingerprint density at radius 3 is 2.83 bits per heavy atom. The minimum Gasteiger partial charge on any atom is -0.316 e. The molecule has 0 aliphatic carbocycles. The molecule has 1 aromatic heterocycles. The topological polar surface area (TPSA) is 41.5 Å². The van der Waals surface area contributed by atoms with Gasteiger partial charge in [0.25, 0.3) is 0 Å². The third-order valence-electron chi connectivity index (χ3n) is 4.08. The number of hydrogen-bond donors (Lipinski definition) is 1. The minimum atomic E-state index is -0.0438. The van der Waals surface area contributed by atoms with E-state index in [0.717, 1.165) is 32.7 Å². The number of halogens is 1. The van der Waals surface area contributed by atoms with Gasteiger partial charge in [-0.05, 0) is 25.0 Å². The summed E-state index contributed by atoms with van der Waals surface area (Å²) >= 11 is 5.29. The Hall–Kier alpha value is -1.46. The Labute approximate surface area is 155 Å². The number of nitrogens with one attached hydrogen (secondary N) is 1. The summed E-state index contributed by atoms with van der Waals surface area (Å²) in [6.45, 7) is 2.40. The molecule has 3 rings (SSSR count). The second-order valence-electron chi connectivity index (χ2n) is 5.96. The number of benzene rings is 1. The molecule has 0 spiro atoms. The number of amides is 1. The zero-order valence-electron chi connectivity index (χ0n) is 13.8. The van der Waals surface area contributed by atoms with Gasteiger partial charge in [0.2, 0.25) is 5.91 Å². The molecule has 126 valence electrons. The van der Waals surface area contributed by atoms with Crippen molar-refractivity contribution in [3.63, 3.8) is 0 Å². The van der Waals surface area contributed by atoms with Crippen molar-refractivity contribution < 1.29 is 4.79 Å². The first kappa shape index (κ1) is 17.4. The summed E-state index contributed by atoms with van der Waals surface area (Å²) in [6, 6.07) is 10.2. The summed E-state index contributed by atoms with van der Waals surface area (Å²) in [7, 11) is 0. The molecule has 0 radical (unpaired) electrons. The van der Waals surface area contributed by atoms with Crippen molar-refractivity contribution in [3.8, 4) is 0 Å². The third kappa shape index (κ3) is 3.95. The molecule has 0 saturated heterocycles. The van der Waals surface area contributed by atoms with Crippen LogP contribution in [-0.2, 0) is 11.2 Å². The van der Waals surface area contributed by atoms with Gasteiger partial charge in [-0.25, -0.2) is 0 Å². The molecule has 5 heteroatoms. The molecule has 1 aromatic carbocycles. The summed E-state index contributed by atoms with van der Waals surface area (Å²) in [5, 5.41) is 3.94. The summed E-state index contributed by atoms with van der Waals surface area (Å²) in [4.78, 5) is 17.9. The van der Waals surface area contributed by atoms with Gasteiger partial charge in [0, 0.05) is 20.5 Å². The van der Waals surface area contributed by atoms with Gasteiger partial charge in [-0.2, -0.15) is 0 Å². The van der Waals surface area contributed by atoms with Gasteiger partial charge in [-0.15, -0.1) is 11.3 Å². The number of rotatable bonds is 6. The number of carbonyl (C=O) groups is 1. The number of aryl methyl sites for hydroxylation is 1. The first-order valence-electron chi connectivity index (χ1n) is 8.41. The number of carbonyl (C=O) groups excluding carboxylic acids is 1. The number of thiophene rings is 1. The highest BCUT2D eigenvalue weighted by atomic mass is 79.9. The van der Waals surface area contributed by atoms with E-state index in [0.29, 0.717) is 0 Å². The Kier molecular flexibility index (Phi) is 5.85. The standard InChI is InChI=1S/C19H21BrN2OS/c1-2-3-4-5-8-13-11-15-18(14-9-6-7-10-16(14)20)21-12-17(23)22-19(15)24-13/h6-7,9-11H,2-5,8,12H2,1H3,(H,22,23). The Morgan fingerprint density at radius 1 is 1.21 bits per heavy atom. The van der Waals surface area contributed by atoms with Gasteiger partial charge < -0.3 is 5.32 Å². The molecule has 3 nitrogen and oxygen atoms in total. The zero-order valence-corrected chi connectivity index (χ0v) is 16.2. The zero-order chi connectivity index (χ0) is 16.9. The molecule has 24 heavy (non-hydrogen) atoms. The van der Waals surface area contributed by atoms with Gasteiger partial charge in [0.1, 0.15) is 11.5 Å². The van der Waals surface area contributed by atoms with Crippen molar-refractivity contribution in [2.45, 2.75) is 39.0 Å². The first-order chi connectivity index (χ1) is 11.7. The van der Waals surface area contributed by atoms with E-state index in [1.54, 1.807) is 11.3 Å². The fraction of sp³-hybridized carbons (Fsp3) is 0.368. The molecular formula is C19H21BrN2OS. The Bertz CT molecular complexity index is 766. The summed E-state index contributed by atoms with van der Waals surface area (Å²) in [5.74, 6) is -0.0438. The smallest absolute Gasteiger partial charge is 0.246 e. The van der Waals surface area contributed by atoms with E-state index >= 15 is 0 Å². The largest absolute Gasteiger partial charge is 0.316 e. The van der Waals surface area contributed by atoms with Crippen molar-refractivity contribution in [3.05, 3.63) is 50.8 Å². The maximum absolute atomic E-state index is 12.0. The molecule has 2 heterocycles. The van der Waals surface area contributed by atoms with Crippen LogP contribution in [0.2, 0.25) is 0 Å². The summed E-state index contributed by atoms with van der Waals surface area (Å²) in [5.41, 5.74) is 2.97. The van der Waals surface area contributed by atoms with Crippen LogP contribution < -0.4 is 5.32 Å². The van der Waals surface area contributed by atoms with Crippen LogP contribution in [0.15, 0.2) is 39.8 Å². The highest BCUT2D eigenvalue weighted by Crippen LogP contribution is 2.34. The molecule has 0 atom stereocenters. The fourth-order valence-corrected chi connectivity index (χ4v) is 4.43. The second kappa shape index (κ2) is 8.08. The molecule has 2 aromatic rings. The number of hydrogen-bond acceptors (Lipinski definition) is 3. The van der Waals surface area contributed by atoms with Gasteiger partial charge in [-0.3, -0.25) is 9.79 Å². The summed E-state index contributed by atoms with van der Waals surface area (Å²) < 4.78 is 1.000. The average Bonchev–Trinajstić information content (AvgIpc) is 2.89. The van der Waals surface area contributed by atoms with Crippen molar-refractivity contribution in [2.75, 3.05) is 11.9 Å². The number of nitrogens with zero attached hydrogens (tertiary/aromatic N) is 1. The van der Waals surface area contributed by atoms with Gasteiger partial charge >= 0.3 is 0 Å². The van der Waals surface area contributed by atoms with E-state index in [1.807, 2.05) is 24.3 Å². The first-order valence-corrected chi connectivity index (χ1v) is 10.0. The van der Waals surface area contributed by atoms with Crippen molar-refractivity contribution in [2.24, 2.45) is 4.99 Å². The Balaban J connectivity index is 1.91.